The van der Waals surface area contributed by atoms with Crippen LogP contribution in [0.3, 0.4) is 0 Å². The van der Waals surface area contributed by atoms with Crippen molar-refractivity contribution in [3.63, 3.8) is 0 Å². The van der Waals surface area contributed by atoms with Gasteiger partial charge in [0, 0.05) is 25.2 Å². The Balaban J connectivity index is 2.03. The van der Waals surface area contributed by atoms with Crippen LogP contribution in [-0.4, -0.2) is 37.7 Å². The first-order chi connectivity index (χ1) is 11.6. The van der Waals surface area contributed by atoms with Gasteiger partial charge in [-0.1, -0.05) is 35.9 Å². The minimum Gasteiger partial charge on any atom is -0.490 e. The highest BCUT2D eigenvalue weighted by atomic mass is 35.5. The average molecular weight is 348 g/mol. The molecule has 0 radical (unpaired) electrons. The maximum atomic E-state index is 12.7. The molecule has 2 rings (SSSR count). The smallest absolute Gasteiger partial charge is 0.257 e. The third kappa shape index (κ3) is 5.25. The van der Waals surface area contributed by atoms with Crippen LogP contribution in [0.1, 0.15) is 22.8 Å². The zero-order valence-electron chi connectivity index (χ0n) is 14.0. The molecule has 0 aliphatic carbocycles. The number of ether oxygens (including phenoxy) is 2. The SMILES string of the molecule is CCOCCOc1ccccc1C(=O)N(C)Cc1ccc(Cl)cc1. The molecule has 0 fully saturated rings. The Bertz CT molecular complexity index is 658. The van der Waals surface area contributed by atoms with Gasteiger partial charge in [-0.2, -0.15) is 0 Å². The second-order valence-electron chi connectivity index (χ2n) is 5.33. The minimum atomic E-state index is -0.0861. The van der Waals surface area contributed by atoms with Gasteiger partial charge < -0.3 is 14.4 Å². The number of hydrogen-bond acceptors (Lipinski definition) is 3. The molecule has 0 spiro atoms. The molecule has 0 atom stereocenters. The van der Waals surface area contributed by atoms with Crippen LogP contribution in [0.15, 0.2) is 48.5 Å². The lowest BCUT2D eigenvalue weighted by Crippen LogP contribution is -2.26. The predicted molar refractivity (Wildman–Crippen MR) is 95.7 cm³/mol. The van der Waals surface area contributed by atoms with Crippen molar-refractivity contribution in [2.75, 3.05) is 26.9 Å². The van der Waals surface area contributed by atoms with Gasteiger partial charge in [-0.3, -0.25) is 4.79 Å². The van der Waals surface area contributed by atoms with E-state index in [4.69, 9.17) is 21.1 Å². The van der Waals surface area contributed by atoms with Crippen LogP contribution in [0.4, 0.5) is 0 Å². The quantitative estimate of drug-likeness (QED) is 0.677. The van der Waals surface area contributed by atoms with Gasteiger partial charge in [0.2, 0.25) is 0 Å². The second kappa shape index (κ2) is 9.30. The standard InChI is InChI=1S/C19H22ClNO3/c1-3-23-12-13-24-18-7-5-4-6-17(18)19(22)21(2)14-15-8-10-16(20)11-9-15/h4-11H,3,12-14H2,1-2H3. The number of carbonyl (C=O) groups excluding carboxylic acids is 1. The highest BCUT2D eigenvalue weighted by Gasteiger charge is 2.16. The maximum absolute atomic E-state index is 12.7. The average Bonchev–Trinajstić information content (AvgIpc) is 2.60. The van der Waals surface area contributed by atoms with Crippen molar-refractivity contribution in [2.45, 2.75) is 13.5 Å². The summed E-state index contributed by atoms with van der Waals surface area (Å²) in [6.45, 7) is 4.00. The summed E-state index contributed by atoms with van der Waals surface area (Å²) in [5.74, 6) is 0.488. The first kappa shape index (κ1) is 18.3. The lowest BCUT2D eigenvalue weighted by atomic mass is 10.1. The fourth-order valence-electron chi connectivity index (χ4n) is 2.27. The summed E-state index contributed by atoms with van der Waals surface area (Å²) >= 11 is 5.89. The van der Waals surface area contributed by atoms with Crippen LogP contribution in [0, 0.1) is 0 Å². The van der Waals surface area contributed by atoms with Gasteiger partial charge in [0.1, 0.15) is 12.4 Å². The van der Waals surface area contributed by atoms with E-state index in [2.05, 4.69) is 0 Å². The minimum absolute atomic E-state index is 0.0861. The molecule has 2 aromatic rings. The van der Waals surface area contributed by atoms with Crippen molar-refractivity contribution < 1.29 is 14.3 Å². The Labute approximate surface area is 147 Å². The summed E-state index contributed by atoms with van der Waals surface area (Å²) in [7, 11) is 1.77. The van der Waals surface area contributed by atoms with Crippen molar-refractivity contribution in [3.05, 3.63) is 64.7 Å². The highest BCUT2D eigenvalue weighted by molar-refractivity contribution is 6.30. The van der Waals surface area contributed by atoms with Crippen molar-refractivity contribution in [1.29, 1.82) is 0 Å². The molecule has 2 aromatic carbocycles. The maximum Gasteiger partial charge on any atom is 0.257 e. The zero-order valence-corrected chi connectivity index (χ0v) is 14.8. The predicted octanol–water partition coefficient (Wildman–Crippen LogP) is 4.03. The van der Waals surface area contributed by atoms with Gasteiger partial charge in [0.25, 0.3) is 5.91 Å². The first-order valence-corrected chi connectivity index (χ1v) is 8.29. The lowest BCUT2D eigenvalue weighted by Gasteiger charge is -2.19. The number of para-hydroxylation sites is 1. The number of carbonyl (C=O) groups is 1. The third-order valence-electron chi connectivity index (χ3n) is 3.49. The van der Waals surface area contributed by atoms with Crippen molar-refractivity contribution in [1.82, 2.24) is 4.90 Å². The highest BCUT2D eigenvalue weighted by Crippen LogP contribution is 2.20. The molecule has 0 heterocycles. The van der Waals surface area contributed by atoms with Crippen molar-refractivity contribution in [3.8, 4) is 5.75 Å². The zero-order chi connectivity index (χ0) is 17.4. The molecular weight excluding hydrogens is 326 g/mol. The van der Waals surface area contributed by atoms with E-state index in [0.717, 1.165) is 5.56 Å². The van der Waals surface area contributed by atoms with Crippen molar-refractivity contribution in [2.24, 2.45) is 0 Å². The van der Waals surface area contributed by atoms with Gasteiger partial charge in [-0.25, -0.2) is 0 Å². The van der Waals surface area contributed by atoms with E-state index >= 15 is 0 Å². The molecule has 128 valence electrons. The van der Waals surface area contributed by atoms with Crippen LogP contribution in [0.5, 0.6) is 5.75 Å². The third-order valence-corrected chi connectivity index (χ3v) is 3.74. The van der Waals surface area contributed by atoms with Crippen LogP contribution in [0.25, 0.3) is 0 Å². The van der Waals surface area contributed by atoms with Crippen LogP contribution < -0.4 is 4.74 Å². The number of amides is 1. The van der Waals surface area contributed by atoms with Gasteiger partial charge in [-0.15, -0.1) is 0 Å². The van der Waals surface area contributed by atoms with E-state index in [1.54, 1.807) is 24.1 Å². The summed E-state index contributed by atoms with van der Waals surface area (Å²) in [5, 5.41) is 0.681. The summed E-state index contributed by atoms with van der Waals surface area (Å²) in [6.07, 6.45) is 0. The van der Waals surface area contributed by atoms with E-state index in [1.807, 2.05) is 43.3 Å². The second-order valence-corrected chi connectivity index (χ2v) is 5.77. The van der Waals surface area contributed by atoms with E-state index in [9.17, 15) is 4.79 Å². The van der Waals surface area contributed by atoms with Crippen LogP contribution in [0.2, 0.25) is 5.02 Å². The topological polar surface area (TPSA) is 38.8 Å². The van der Waals surface area contributed by atoms with E-state index < -0.39 is 0 Å². The molecule has 0 bridgehead atoms. The molecule has 1 amide bonds. The molecule has 0 saturated carbocycles. The summed E-state index contributed by atoms with van der Waals surface area (Å²) in [4.78, 5) is 14.4. The van der Waals surface area contributed by atoms with Gasteiger partial charge >= 0.3 is 0 Å². The van der Waals surface area contributed by atoms with Gasteiger partial charge in [0.15, 0.2) is 0 Å². The summed E-state index contributed by atoms with van der Waals surface area (Å²) in [6, 6.07) is 14.7. The summed E-state index contributed by atoms with van der Waals surface area (Å²) in [5.41, 5.74) is 1.57. The first-order valence-electron chi connectivity index (χ1n) is 7.91. The van der Waals surface area contributed by atoms with Gasteiger partial charge in [-0.05, 0) is 36.8 Å². The fourth-order valence-corrected chi connectivity index (χ4v) is 2.39. The molecule has 0 saturated heterocycles. The molecule has 5 heteroatoms. The van der Waals surface area contributed by atoms with Crippen molar-refractivity contribution >= 4 is 17.5 Å². The van der Waals surface area contributed by atoms with E-state index in [-0.39, 0.29) is 5.91 Å². The van der Waals surface area contributed by atoms with E-state index in [0.29, 0.717) is 42.7 Å². The molecule has 4 nitrogen and oxygen atoms in total. The Morgan fingerprint density at radius 3 is 2.50 bits per heavy atom. The van der Waals surface area contributed by atoms with E-state index in [1.165, 1.54) is 0 Å². The Morgan fingerprint density at radius 2 is 1.79 bits per heavy atom. The monoisotopic (exact) mass is 347 g/mol. The number of hydrogen-bond donors (Lipinski definition) is 0. The van der Waals surface area contributed by atoms with Gasteiger partial charge in [0.05, 0.1) is 12.2 Å². The number of benzene rings is 2. The number of rotatable bonds is 8. The Morgan fingerprint density at radius 1 is 1.08 bits per heavy atom. The molecule has 0 aromatic heterocycles. The van der Waals surface area contributed by atoms with Crippen LogP contribution >= 0.6 is 11.6 Å². The Hall–Kier alpha value is -2.04. The number of nitrogens with zero attached hydrogens (tertiary/aromatic N) is 1. The molecule has 24 heavy (non-hydrogen) atoms. The molecule has 0 unspecified atom stereocenters. The number of halogens is 1. The molecule has 0 aliphatic heterocycles. The Kier molecular flexibility index (Phi) is 7.09. The summed E-state index contributed by atoms with van der Waals surface area (Å²) < 4.78 is 10.9. The fraction of sp³-hybridized carbons (Fsp3) is 0.316. The molecule has 0 aliphatic rings. The molecule has 0 N–H and O–H groups in total. The molecular formula is C19H22ClNO3. The largest absolute Gasteiger partial charge is 0.490 e. The lowest BCUT2D eigenvalue weighted by molar-refractivity contribution is 0.0774. The normalized spacial score (nSPS) is 10.5. The van der Waals surface area contributed by atoms with Crippen LogP contribution in [-0.2, 0) is 11.3 Å².